The molecule has 0 fully saturated rings. The van der Waals surface area contributed by atoms with Gasteiger partial charge < -0.3 is 24.8 Å². The van der Waals surface area contributed by atoms with Crippen LogP contribution >= 0.6 is 15.8 Å². The Kier molecular flexibility index (Phi) is 25.4. The van der Waals surface area contributed by atoms with E-state index in [4.69, 9.17) is 0 Å². The first-order valence-electron chi connectivity index (χ1n) is 9.25. The molecule has 2 rings (SSSR count). The van der Waals surface area contributed by atoms with E-state index in [0.29, 0.717) is 0 Å². The number of hydrogen-bond donors (Lipinski definition) is 0. The van der Waals surface area contributed by atoms with Gasteiger partial charge in [-0.25, -0.2) is 0 Å². The van der Waals surface area contributed by atoms with Crippen molar-refractivity contribution in [1.82, 2.24) is 0 Å². The van der Waals surface area contributed by atoms with Gasteiger partial charge in [-0.05, 0) is 33.3 Å². The average molecular weight is 596 g/mol. The van der Waals surface area contributed by atoms with Crippen molar-refractivity contribution in [2.24, 2.45) is 0 Å². The van der Waals surface area contributed by atoms with Gasteiger partial charge in [0.15, 0.2) is 0 Å². The molecule has 0 N–H and O–H groups in total. The van der Waals surface area contributed by atoms with Gasteiger partial charge in [0.25, 0.3) is 0 Å². The maximum atomic E-state index is 2.33. The maximum absolute atomic E-state index is 2.33. The van der Waals surface area contributed by atoms with Crippen LogP contribution in [0.1, 0.15) is 55.4 Å². The van der Waals surface area contributed by atoms with Gasteiger partial charge in [0.05, 0.1) is 0 Å². The molecule has 0 bridgehead atoms. The van der Waals surface area contributed by atoms with Gasteiger partial charge in [0, 0.05) is 29.9 Å². The fraction of sp³-hybridized carbons (Fsp3) is 0.545. The van der Waals surface area contributed by atoms with Crippen LogP contribution in [0.5, 0.6) is 0 Å². The van der Waals surface area contributed by atoms with Crippen molar-refractivity contribution in [1.29, 1.82) is 0 Å². The van der Waals surface area contributed by atoms with Crippen molar-refractivity contribution in [3.63, 3.8) is 0 Å². The van der Waals surface area contributed by atoms with Crippen LogP contribution in [0.25, 0.3) is 0 Å². The summed E-state index contributed by atoms with van der Waals surface area (Å²) in [5.41, 5.74) is 3.23. The van der Waals surface area contributed by atoms with E-state index in [0.717, 1.165) is 22.6 Å². The standard InChI is InChI=1S/2C11H18P.2ClH.Fe.Pd/c2*1-9(2)12(10(3)4)11-7-5-6-8-11;;;;/h2*5-10H,1-4H3;2*1H;;/q;;;;;+2/p-2. The van der Waals surface area contributed by atoms with Crippen molar-refractivity contribution in [2.75, 3.05) is 0 Å². The summed E-state index contributed by atoms with van der Waals surface area (Å²) in [7, 11) is 0.127. The molecule has 0 nitrogen and oxygen atoms in total. The Hall–Kier alpha value is 1.58. The Morgan fingerprint density at radius 2 is 0.786 bits per heavy atom. The summed E-state index contributed by atoms with van der Waals surface area (Å²) in [5.74, 6) is 0. The second-order valence-corrected chi connectivity index (χ2v) is 14.3. The van der Waals surface area contributed by atoms with E-state index in [2.05, 4.69) is 105 Å². The molecule has 2 radical (unpaired) electrons. The number of rotatable bonds is 6. The first kappa shape index (κ1) is 36.9. The van der Waals surface area contributed by atoms with Gasteiger partial charge in [-0.3, -0.25) is 0 Å². The van der Waals surface area contributed by atoms with E-state index >= 15 is 0 Å². The molecular formula is C22H36Cl2FeP2Pd. The molecule has 2 aliphatic carbocycles. The van der Waals surface area contributed by atoms with E-state index in [-0.39, 0.29) is 78.1 Å². The van der Waals surface area contributed by atoms with Crippen LogP contribution < -0.4 is 24.8 Å². The fourth-order valence-electron chi connectivity index (χ4n) is 3.46. The van der Waals surface area contributed by atoms with Crippen LogP contribution in [0, 0.1) is 12.8 Å². The molecule has 0 unspecified atom stereocenters. The van der Waals surface area contributed by atoms with E-state index in [1.165, 1.54) is 0 Å². The van der Waals surface area contributed by atoms with Crippen molar-refractivity contribution >= 4 is 15.8 Å². The quantitative estimate of drug-likeness (QED) is 0.325. The van der Waals surface area contributed by atoms with Gasteiger partial charge in [-0.1, -0.05) is 108 Å². The van der Waals surface area contributed by atoms with E-state index < -0.39 is 0 Å². The molecule has 28 heavy (non-hydrogen) atoms. The summed E-state index contributed by atoms with van der Waals surface area (Å²) < 4.78 is 0. The van der Waals surface area contributed by atoms with Crippen LogP contribution in [-0.4, -0.2) is 22.6 Å². The zero-order valence-electron chi connectivity index (χ0n) is 18.2. The molecule has 0 aliphatic heterocycles. The molecule has 0 aromatic rings. The third kappa shape index (κ3) is 12.4. The third-order valence-corrected chi connectivity index (χ3v) is 10.4. The summed E-state index contributed by atoms with van der Waals surface area (Å²) in [6, 6.07) is 0. The second-order valence-electron chi connectivity index (χ2n) is 7.48. The van der Waals surface area contributed by atoms with Gasteiger partial charge >= 0.3 is 20.4 Å². The maximum Gasteiger partial charge on any atom is 2.00 e. The Labute approximate surface area is 214 Å². The van der Waals surface area contributed by atoms with Crippen LogP contribution in [0.2, 0.25) is 0 Å². The van der Waals surface area contributed by atoms with Crippen LogP contribution in [0.4, 0.5) is 0 Å². The van der Waals surface area contributed by atoms with Gasteiger partial charge in [0.1, 0.15) is 0 Å². The predicted molar refractivity (Wildman–Crippen MR) is 117 cm³/mol. The molecule has 0 aromatic carbocycles. The molecule has 6 heteroatoms. The Balaban J connectivity index is -0.000000180. The largest absolute Gasteiger partial charge is 2.00 e. The van der Waals surface area contributed by atoms with E-state index in [9.17, 15) is 0 Å². The van der Waals surface area contributed by atoms with Crippen molar-refractivity contribution in [2.45, 2.75) is 78.0 Å². The molecule has 166 valence electrons. The minimum Gasteiger partial charge on any atom is -1.00 e. The third-order valence-electron chi connectivity index (χ3n) is 4.11. The molecule has 0 saturated carbocycles. The zero-order valence-corrected chi connectivity index (χ0v) is 24.2. The van der Waals surface area contributed by atoms with Crippen molar-refractivity contribution in [3.8, 4) is 0 Å². The zero-order chi connectivity index (χ0) is 18.3. The summed E-state index contributed by atoms with van der Waals surface area (Å²) in [5, 5.41) is 3.13. The summed E-state index contributed by atoms with van der Waals surface area (Å²) in [6.45, 7) is 18.7. The van der Waals surface area contributed by atoms with Crippen molar-refractivity contribution < 1.29 is 62.3 Å². The Morgan fingerprint density at radius 3 is 0.929 bits per heavy atom. The summed E-state index contributed by atoms with van der Waals surface area (Å²) in [6.07, 6.45) is 17.7. The molecule has 0 heterocycles. The monoisotopic (exact) mass is 594 g/mol. The minimum absolute atomic E-state index is 0. The molecule has 0 atom stereocenters. The van der Waals surface area contributed by atoms with Gasteiger partial charge in [-0.2, -0.15) is 0 Å². The van der Waals surface area contributed by atoms with Crippen LogP contribution in [0.3, 0.4) is 0 Å². The smallest absolute Gasteiger partial charge is 1.00 e. The van der Waals surface area contributed by atoms with Crippen LogP contribution in [-0.2, 0) is 37.5 Å². The van der Waals surface area contributed by atoms with E-state index in [1.54, 1.807) is 10.6 Å². The number of hydrogen-bond acceptors (Lipinski definition) is 0. The number of halogens is 2. The SMILES string of the molecule is CC(C)P(C1=CC=C[CH]1)C(C)C.CC(C)P(C1=CC=C[CH]1)C(C)C.[Cl-].[Cl-].[Fe].[Pd+2]. The Bertz CT molecular complexity index is 451. The van der Waals surface area contributed by atoms with Gasteiger partial charge in [0.2, 0.25) is 0 Å². The average Bonchev–Trinajstić information content (AvgIpc) is 3.11. The second kappa shape index (κ2) is 19.3. The molecule has 2 aliphatic rings. The topological polar surface area (TPSA) is 0 Å². The molecule has 0 amide bonds. The first-order valence-corrected chi connectivity index (χ1v) is 12.2. The summed E-state index contributed by atoms with van der Waals surface area (Å²) >= 11 is 0. The first-order chi connectivity index (χ1) is 11.3. The van der Waals surface area contributed by atoms with Crippen molar-refractivity contribution in [3.05, 3.63) is 59.9 Å². The molecule has 0 aromatic heterocycles. The Morgan fingerprint density at radius 1 is 0.536 bits per heavy atom. The number of allylic oxidation sites excluding steroid dienone is 8. The van der Waals surface area contributed by atoms with Crippen LogP contribution in [0.15, 0.2) is 47.1 Å². The summed E-state index contributed by atoms with van der Waals surface area (Å²) in [4.78, 5) is 0. The van der Waals surface area contributed by atoms with E-state index in [1.807, 2.05) is 0 Å². The molecule has 0 spiro atoms. The molecule has 0 saturated heterocycles. The minimum atomic E-state index is 0. The normalized spacial score (nSPS) is 14.4. The fourth-order valence-corrected chi connectivity index (χ4v) is 9.26. The molecular weight excluding hydrogens is 559 g/mol. The predicted octanol–water partition coefficient (Wildman–Crippen LogP) is 1.89. The van der Waals surface area contributed by atoms with Gasteiger partial charge in [-0.15, -0.1) is 0 Å².